The average molecular weight is 224 g/mol. The van der Waals surface area contributed by atoms with E-state index in [1.54, 1.807) is 0 Å². The molecule has 96 valence electrons. The predicted molar refractivity (Wildman–Crippen MR) is 73.5 cm³/mol. The highest BCUT2D eigenvalue weighted by molar-refractivity contribution is 4.90. The Labute approximate surface area is 103 Å². The third-order valence-electron chi connectivity index (χ3n) is 5.50. The Hall–Kier alpha value is 0. The average Bonchev–Trinajstić information content (AvgIpc) is 2.54. The molecule has 0 aliphatic heterocycles. The van der Waals surface area contributed by atoms with Crippen LogP contribution < -0.4 is 0 Å². The van der Waals surface area contributed by atoms with Crippen molar-refractivity contribution in [3.63, 3.8) is 0 Å². The Bertz CT molecular complexity index is 196. The van der Waals surface area contributed by atoms with Crippen molar-refractivity contribution in [2.75, 3.05) is 0 Å². The van der Waals surface area contributed by atoms with Gasteiger partial charge in [0.2, 0.25) is 0 Å². The maximum Gasteiger partial charge on any atom is -0.0329 e. The molecule has 0 heterocycles. The van der Waals surface area contributed by atoms with Gasteiger partial charge in [0.25, 0.3) is 0 Å². The molecular weight excluding hydrogens is 192 g/mol. The first-order valence-electron chi connectivity index (χ1n) is 7.52. The van der Waals surface area contributed by atoms with E-state index in [2.05, 4.69) is 41.5 Å². The van der Waals surface area contributed by atoms with Gasteiger partial charge >= 0.3 is 0 Å². The Morgan fingerprint density at radius 2 is 1.75 bits per heavy atom. The second-order valence-electron chi connectivity index (χ2n) is 6.44. The second kappa shape index (κ2) is 6.07. The van der Waals surface area contributed by atoms with Gasteiger partial charge in [-0.15, -0.1) is 0 Å². The van der Waals surface area contributed by atoms with Crippen LogP contribution in [0, 0.1) is 35.5 Å². The lowest BCUT2D eigenvalue weighted by molar-refractivity contribution is 0.157. The third kappa shape index (κ3) is 2.81. The summed E-state index contributed by atoms with van der Waals surface area (Å²) < 4.78 is 0. The lowest BCUT2D eigenvalue weighted by Crippen LogP contribution is -2.26. The topological polar surface area (TPSA) is 0 Å². The van der Waals surface area contributed by atoms with Crippen molar-refractivity contribution >= 4 is 0 Å². The summed E-state index contributed by atoms with van der Waals surface area (Å²) in [6.45, 7) is 14.7. The molecule has 0 aromatic heterocycles. The first-order valence-corrected chi connectivity index (χ1v) is 7.52. The molecule has 0 saturated heterocycles. The Morgan fingerprint density at radius 1 is 1.12 bits per heavy atom. The minimum absolute atomic E-state index is 0.914. The van der Waals surface area contributed by atoms with Gasteiger partial charge in [-0.25, -0.2) is 0 Å². The first-order chi connectivity index (χ1) is 7.52. The molecule has 1 fully saturated rings. The lowest BCUT2D eigenvalue weighted by atomic mass is 9.72. The fourth-order valence-corrected chi connectivity index (χ4v) is 4.10. The van der Waals surface area contributed by atoms with Gasteiger partial charge in [-0.05, 0) is 41.9 Å². The Kier molecular flexibility index (Phi) is 5.34. The maximum atomic E-state index is 2.52. The fraction of sp³-hybridized carbons (Fsp3) is 1.00. The van der Waals surface area contributed by atoms with E-state index in [0.29, 0.717) is 0 Å². The standard InChI is InChI=1S/C16H32/c1-7-9-11(3)13(5)16-14(6)12(4)10-15(16)8-2/h11-16H,7-10H2,1-6H3. The van der Waals surface area contributed by atoms with E-state index < -0.39 is 0 Å². The zero-order valence-corrected chi connectivity index (χ0v) is 12.3. The zero-order chi connectivity index (χ0) is 12.3. The quantitative estimate of drug-likeness (QED) is 0.588. The molecule has 0 bridgehead atoms. The molecule has 0 aromatic rings. The molecule has 0 amide bonds. The van der Waals surface area contributed by atoms with E-state index in [-0.39, 0.29) is 0 Å². The molecule has 1 rings (SSSR count). The summed E-state index contributed by atoms with van der Waals surface area (Å²) in [5, 5.41) is 0. The van der Waals surface area contributed by atoms with E-state index >= 15 is 0 Å². The Morgan fingerprint density at radius 3 is 2.25 bits per heavy atom. The summed E-state index contributed by atoms with van der Waals surface area (Å²) in [4.78, 5) is 0. The van der Waals surface area contributed by atoms with Crippen LogP contribution in [0.3, 0.4) is 0 Å². The predicted octanol–water partition coefficient (Wildman–Crippen LogP) is 5.38. The van der Waals surface area contributed by atoms with Crippen molar-refractivity contribution < 1.29 is 0 Å². The molecule has 1 saturated carbocycles. The highest BCUT2D eigenvalue weighted by Gasteiger charge is 2.41. The van der Waals surface area contributed by atoms with Crippen molar-refractivity contribution in [2.45, 2.75) is 67.2 Å². The van der Waals surface area contributed by atoms with Crippen LogP contribution in [0.5, 0.6) is 0 Å². The number of rotatable bonds is 5. The molecule has 1 aliphatic carbocycles. The van der Waals surface area contributed by atoms with Crippen LogP contribution >= 0.6 is 0 Å². The molecule has 16 heavy (non-hydrogen) atoms. The molecular formula is C16H32. The minimum Gasteiger partial charge on any atom is -0.0654 e. The highest BCUT2D eigenvalue weighted by atomic mass is 14.5. The van der Waals surface area contributed by atoms with Gasteiger partial charge < -0.3 is 0 Å². The van der Waals surface area contributed by atoms with E-state index in [9.17, 15) is 0 Å². The number of hydrogen-bond donors (Lipinski definition) is 0. The van der Waals surface area contributed by atoms with Crippen LogP contribution in [0.25, 0.3) is 0 Å². The van der Waals surface area contributed by atoms with Gasteiger partial charge in [0.05, 0.1) is 0 Å². The van der Waals surface area contributed by atoms with Gasteiger partial charge in [-0.3, -0.25) is 0 Å². The van der Waals surface area contributed by atoms with Gasteiger partial charge in [-0.2, -0.15) is 0 Å². The second-order valence-corrected chi connectivity index (χ2v) is 6.44. The monoisotopic (exact) mass is 224 g/mol. The third-order valence-corrected chi connectivity index (χ3v) is 5.50. The maximum absolute atomic E-state index is 2.52. The number of hydrogen-bond acceptors (Lipinski definition) is 0. The lowest BCUT2D eigenvalue weighted by Gasteiger charge is -2.33. The van der Waals surface area contributed by atoms with Crippen molar-refractivity contribution in [1.29, 1.82) is 0 Å². The summed E-state index contributed by atoms with van der Waals surface area (Å²) >= 11 is 0. The van der Waals surface area contributed by atoms with Gasteiger partial charge in [0.15, 0.2) is 0 Å². The van der Waals surface area contributed by atoms with E-state index in [1.165, 1.54) is 25.7 Å². The molecule has 6 atom stereocenters. The van der Waals surface area contributed by atoms with Crippen molar-refractivity contribution in [1.82, 2.24) is 0 Å². The van der Waals surface area contributed by atoms with Crippen LogP contribution in [0.4, 0.5) is 0 Å². The van der Waals surface area contributed by atoms with Crippen molar-refractivity contribution in [3.05, 3.63) is 0 Å². The van der Waals surface area contributed by atoms with Crippen LogP contribution in [0.2, 0.25) is 0 Å². The van der Waals surface area contributed by atoms with Gasteiger partial charge in [0, 0.05) is 0 Å². The molecule has 0 N–H and O–H groups in total. The summed E-state index contributed by atoms with van der Waals surface area (Å²) in [6, 6.07) is 0. The molecule has 1 aliphatic rings. The minimum atomic E-state index is 0.914. The summed E-state index contributed by atoms with van der Waals surface area (Å²) in [5.74, 6) is 5.72. The van der Waals surface area contributed by atoms with Crippen molar-refractivity contribution in [3.8, 4) is 0 Å². The van der Waals surface area contributed by atoms with Crippen LogP contribution in [-0.4, -0.2) is 0 Å². The van der Waals surface area contributed by atoms with Crippen LogP contribution in [0.15, 0.2) is 0 Å². The fourth-order valence-electron chi connectivity index (χ4n) is 4.10. The Balaban J connectivity index is 2.68. The smallest absolute Gasteiger partial charge is 0.0329 e. The van der Waals surface area contributed by atoms with Crippen molar-refractivity contribution in [2.24, 2.45) is 35.5 Å². The molecule has 6 unspecified atom stereocenters. The summed E-state index contributed by atoms with van der Waals surface area (Å²) in [6.07, 6.45) is 5.63. The van der Waals surface area contributed by atoms with Gasteiger partial charge in [-0.1, -0.05) is 60.8 Å². The molecule has 0 spiro atoms. The van der Waals surface area contributed by atoms with Gasteiger partial charge in [0.1, 0.15) is 0 Å². The SMILES string of the molecule is CCCC(C)C(C)C1C(CC)CC(C)C1C. The van der Waals surface area contributed by atoms with Crippen LogP contribution in [-0.2, 0) is 0 Å². The van der Waals surface area contributed by atoms with Crippen LogP contribution in [0.1, 0.15) is 67.2 Å². The summed E-state index contributed by atoms with van der Waals surface area (Å²) in [7, 11) is 0. The molecule has 0 aromatic carbocycles. The van der Waals surface area contributed by atoms with E-state index in [0.717, 1.165) is 35.5 Å². The molecule has 0 radical (unpaired) electrons. The highest BCUT2D eigenvalue weighted by Crippen LogP contribution is 2.48. The zero-order valence-electron chi connectivity index (χ0n) is 12.3. The van der Waals surface area contributed by atoms with E-state index in [1.807, 2.05) is 0 Å². The molecule has 0 heteroatoms. The normalized spacial score (nSPS) is 38.6. The molecule has 0 nitrogen and oxygen atoms in total. The summed E-state index contributed by atoms with van der Waals surface area (Å²) in [5.41, 5.74) is 0. The van der Waals surface area contributed by atoms with E-state index in [4.69, 9.17) is 0 Å². The largest absolute Gasteiger partial charge is 0.0654 e. The first kappa shape index (κ1) is 14.1.